The van der Waals surface area contributed by atoms with Gasteiger partial charge >= 0.3 is 0 Å². The van der Waals surface area contributed by atoms with Crippen molar-refractivity contribution in [2.75, 3.05) is 6.61 Å². The number of rotatable bonds is 0. The zero-order valence-corrected chi connectivity index (χ0v) is 6.66. The van der Waals surface area contributed by atoms with Crippen LogP contribution < -0.4 is 10.6 Å². The topological polar surface area (TPSA) is 47.6 Å². The van der Waals surface area contributed by atoms with Gasteiger partial charge in [0.25, 0.3) is 0 Å². The van der Waals surface area contributed by atoms with Gasteiger partial charge in [0.15, 0.2) is 0 Å². The third-order valence-electron chi connectivity index (χ3n) is 1.95. The van der Waals surface area contributed by atoms with E-state index in [1.54, 1.807) is 0 Å². The van der Waals surface area contributed by atoms with Crippen LogP contribution in [0.25, 0.3) is 0 Å². The Balaban J connectivity index is 2.51. The van der Waals surface area contributed by atoms with Crippen LogP contribution in [-0.2, 0) is 0 Å². The first-order chi connectivity index (χ1) is 5.92. The number of hydrazone groups is 1. The van der Waals surface area contributed by atoms with Crippen molar-refractivity contribution in [3.63, 3.8) is 0 Å². The number of nitrogens with zero attached hydrogens (tertiary/aromatic N) is 1. The number of ether oxygens (including phenoxy) is 1. The smallest absolute Gasteiger partial charge is 0.128 e. The molecule has 3 nitrogen and oxygen atoms in total. The van der Waals surface area contributed by atoms with Crippen molar-refractivity contribution in [2.45, 2.75) is 6.42 Å². The molecule has 1 aromatic rings. The van der Waals surface area contributed by atoms with Crippen LogP contribution in [0.3, 0.4) is 0 Å². The Morgan fingerprint density at radius 2 is 2.17 bits per heavy atom. The molecule has 0 fully saturated rings. The zero-order chi connectivity index (χ0) is 8.39. The van der Waals surface area contributed by atoms with Gasteiger partial charge in [0.05, 0.1) is 12.3 Å². The molecule has 0 saturated heterocycles. The molecule has 0 atom stereocenters. The molecule has 0 aliphatic carbocycles. The van der Waals surface area contributed by atoms with Crippen LogP contribution in [0.5, 0.6) is 5.75 Å². The van der Waals surface area contributed by atoms with E-state index in [9.17, 15) is 0 Å². The molecule has 62 valence electrons. The predicted octanol–water partition coefficient (Wildman–Crippen LogP) is 1.13. The first-order valence-electron chi connectivity index (χ1n) is 3.91. The number of hydrogen-bond acceptors (Lipinski definition) is 3. The number of benzene rings is 1. The van der Waals surface area contributed by atoms with Gasteiger partial charge in [-0.05, 0) is 12.1 Å². The van der Waals surface area contributed by atoms with E-state index < -0.39 is 0 Å². The van der Waals surface area contributed by atoms with Gasteiger partial charge in [-0.3, -0.25) is 0 Å². The summed E-state index contributed by atoms with van der Waals surface area (Å²) in [5.74, 6) is 6.13. The molecule has 2 rings (SSSR count). The zero-order valence-electron chi connectivity index (χ0n) is 6.66. The highest BCUT2D eigenvalue weighted by atomic mass is 16.5. The largest absolute Gasteiger partial charge is 0.492 e. The van der Waals surface area contributed by atoms with Crippen LogP contribution in [0.2, 0.25) is 0 Å². The minimum absolute atomic E-state index is 0.674. The summed E-state index contributed by atoms with van der Waals surface area (Å²) >= 11 is 0. The molecule has 3 heteroatoms. The highest BCUT2D eigenvalue weighted by Crippen LogP contribution is 2.23. The summed E-state index contributed by atoms with van der Waals surface area (Å²) in [4.78, 5) is 0. The number of nitrogens with two attached hydrogens (primary N) is 1. The number of hydrogen-bond donors (Lipinski definition) is 1. The minimum atomic E-state index is 0.674. The average molecular weight is 162 g/mol. The Morgan fingerprint density at radius 1 is 1.33 bits per heavy atom. The summed E-state index contributed by atoms with van der Waals surface area (Å²) in [6, 6.07) is 7.80. The second-order valence-electron chi connectivity index (χ2n) is 2.67. The summed E-state index contributed by atoms with van der Waals surface area (Å²) in [5, 5.41) is 3.73. The molecule has 1 aromatic carbocycles. The Morgan fingerprint density at radius 3 is 3.00 bits per heavy atom. The predicted molar refractivity (Wildman–Crippen MR) is 47.3 cm³/mol. The lowest BCUT2D eigenvalue weighted by atomic mass is 10.0. The van der Waals surface area contributed by atoms with E-state index in [4.69, 9.17) is 10.6 Å². The third kappa shape index (κ3) is 1.03. The fourth-order valence-corrected chi connectivity index (χ4v) is 1.36. The van der Waals surface area contributed by atoms with E-state index >= 15 is 0 Å². The highest BCUT2D eigenvalue weighted by Gasteiger charge is 2.14. The quantitative estimate of drug-likeness (QED) is 0.459. The standard InChI is InChI=1S/C9H10N2O/c10-11-8-5-6-12-9-4-2-1-3-7(8)9/h1-4H,5-6,10H2/b11-8+. The van der Waals surface area contributed by atoms with Crippen molar-refractivity contribution in [3.05, 3.63) is 29.8 Å². The molecule has 1 aliphatic heterocycles. The Bertz CT molecular complexity index is 320. The summed E-state index contributed by atoms with van der Waals surface area (Å²) < 4.78 is 5.42. The summed E-state index contributed by atoms with van der Waals surface area (Å²) in [6.07, 6.45) is 0.799. The molecule has 0 amide bonds. The van der Waals surface area contributed by atoms with E-state index in [1.165, 1.54) is 0 Å². The fraction of sp³-hybridized carbons (Fsp3) is 0.222. The molecule has 12 heavy (non-hydrogen) atoms. The van der Waals surface area contributed by atoms with E-state index in [0.29, 0.717) is 6.61 Å². The summed E-state index contributed by atoms with van der Waals surface area (Å²) in [6.45, 7) is 0.674. The summed E-state index contributed by atoms with van der Waals surface area (Å²) in [7, 11) is 0. The number of fused-ring (bicyclic) bond motifs is 1. The highest BCUT2D eigenvalue weighted by molar-refractivity contribution is 6.03. The monoisotopic (exact) mass is 162 g/mol. The van der Waals surface area contributed by atoms with Crippen LogP contribution in [0.15, 0.2) is 29.4 Å². The van der Waals surface area contributed by atoms with Gasteiger partial charge in [-0.25, -0.2) is 0 Å². The van der Waals surface area contributed by atoms with Crippen LogP contribution >= 0.6 is 0 Å². The molecule has 0 spiro atoms. The fourth-order valence-electron chi connectivity index (χ4n) is 1.36. The third-order valence-corrected chi connectivity index (χ3v) is 1.95. The molecule has 1 aliphatic rings. The van der Waals surface area contributed by atoms with Gasteiger partial charge in [-0.2, -0.15) is 5.10 Å². The molecule has 0 unspecified atom stereocenters. The maximum atomic E-state index is 5.42. The van der Waals surface area contributed by atoms with Gasteiger partial charge < -0.3 is 10.6 Å². The second kappa shape index (κ2) is 2.85. The molecule has 0 aromatic heterocycles. The molecule has 0 bridgehead atoms. The van der Waals surface area contributed by atoms with Crippen LogP contribution in [0.4, 0.5) is 0 Å². The minimum Gasteiger partial charge on any atom is -0.492 e. The van der Waals surface area contributed by atoms with Crippen molar-refractivity contribution >= 4 is 5.71 Å². The molecule has 0 saturated carbocycles. The lowest BCUT2D eigenvalue weighted by Crippen LogP contribution is -2.17. The Hall–Kier alpha value is -1.51. The van der Waals surface area contributed by atoms with Crippen molar-refractivity contribution in [1.29, 1.82) is 0 Å². The van der Waals surface area contributed by atoms with Gasteiger partial charge in [0, 0.05) is 12.0 Å². The van der Waals surface area contributed by atoms with E-state index in [-0.39, 0.29) is 0 Å². The van der Waals surface area contributed by atoms with Crippen LogP contribution in [0, 0.1) is 0 Å². The molecule has 1 heterocycles. The number of para-hydroxylation sites is 1. The first-order valence-corrected chi connectivity index (χ1v) is 3.91. The molecule has 0 radical (unpaired) electrons. The maximum absolute atomic E-state index is 5.42. The Labute approximate surface area is 70.8 Å². The normalized spacial score (nSPS) is 18.5. The van der Waals surface area contributed by atoms with E-state index in [0.717, 1.165) is 23.4 Å². The van der Waals surface area contributed by atoms with Gasteiger partial charge in [0.1, 0.15) is 5.75 Å². The van der Waals surface area contributed by atoms with Crippen molar-refractivity contribution in [3.8, 4) is 5.75 Å². The van der Waals surface area contributed by atoms with Gasteiger partial charge in [-0.15, -0.1) is 0 Å². The average Bonchev–Trinajstić information content (AvgIpc) is 2.17. The van der Waals surface area contributed by atoms with Gasteiger partial charge in [-0.1, -0.05) is 12.1 Å². The van der Waals surface area contributed by atoms with Crippen molar-refractivity contribution < 1.29 is 4.74 Å². The van der Waals surface area contributed by atoms with E-state index in [2.05, 4.69) is 5.10 Å². The second-order valence-corrected chi connectivity index (χ2v) is 2.67. The SMILES string of the molecule is N/N=C1\CCOc2ccccc21. The molecule has 2 N–H and O–H groups in total. The molecular weight excluding hydrogens is 152 g/mol. The lowest BCUT2D eigenvalue weighted by molar-refractivity contribution is 0.320. The van der Waals surface area contributed by atoms with Gasteiger partial charge in [0.2, 0.25) is 0 Å². The maximum Gasteiger partial charge on any atom is 0.128 e. The van der Waals surface area contributed by atoms with Crippen LogP contribution in [0.1, 0.15) is 12.0 Å². The lowest BCUT2D eigenvalue weighted by Gasteiger charge is -2.17. The first kappa shape index (κ1) is 7.16. The summed E-state index contributed by atoms with van der Waals surface area (Å²) in [5.41, 5.74) is 1.95. The van der Waals surface area contributed by atoms with Crippen LogP contribution in [-0.4, -0.2) is 12.3 Å². The Kier molecular flexibility index (Phi) is 1.70. The van der Waals surface area contributed by atoms with Crippen molar-refractivity contribution in [2.24, 2.45) is 10.9 Å². The van der Waals surface area contributed by atoms with Crippen molar-refractivity contribution in [1.82, 2.24) is 0 Å². The van der Waals surface area contributed by atoms with E-state index in [1.807, 2.05) is 24.3 Å². The molecular formula is C9H10N2O.